The summed E-state index contributed by atoms with van der Waals surface area (Å²) in [7, 11) is 0. The van der Waals surface area contributed by atoms with Crippen LogP contribution in [0.2, 0.25) is 5.02 Å². The van der Waals surface area contributed by atoms with Gasteiger partial charge in [0.05, 0.1) is 0 Å². The molecule has 1 rings (SSSR count). The third-order valence-electron chi connectivity index (χ3n) is 1.61. The first kappa shape index (κ1) is 10.6. The number of ether oxygens (including phenoxy) is 1. The van der Waals surface area contributed by atoms with Crippen LogP contribution >= 0.6 is 11.6 Å². The summed E-state index contributed by atoms with van der Waals surface area (Å²) in [4.78, 5) is 10.4. The minimum absolute atomic E-state index is 0.310. The normalized spacial score (nSPS) is 9.57. The van der Waals surface area contributed by atoms with Gasteiger partial charge in [0.1, 0.15) is 5.75 Å². The van der Waals surface area contributed by atoms with Gasteiger partial charge in [0.25, 0.3) is 0 Å². The molecule has 4 heteroatoms. The highest BCUT2D eigenvalue weighted by Crippen LogP contribution is 2.23. The number of halogens is 1. The summed E-state index contributed by atoms with van der Waals surface area (Å²) < 4.78 is 5.01. The number of carboxylic acid groups (broad SMARTS) is 1. The van der Waals surface area contributed by atoms with Crippen molar-refractivity contribution in [2.45, 2.75) is 6.92 Å². The van der Waals surface area contributed by atoms with Crippen molar-refractivity contribution in [2.75, 3.05) is 0 Å². The summed E-state index contributed by atoms with van der Waals surface area (Å²) in [6.45, 7) is 5.03. The number of carbonyl (C=O) groups is 1. The van der Waals surface area contributed by atoms with E-state index in [-0.39, 0.29) is 5.76 Å². The Bertz CT molecular complexity index is 385. The summed E-state index contributed by atoms with van der Waals surface area (Å²) >= 11 is 5.72. The van der Waals surface area contributed by atoms with Crippen LogP contribution in [-0.2, 0) is 4.79 Å². The number of carboxylic acids is 1. The molecule has 0 saturated carbocycles. The lowest BCUT2D eigenvalue weighted by molar-refractivity contribution is -0.135. The van der Waals surface area contributed by atoms with Gasteiger partial charge in [-0.15, -0.1) is 0 Å². The maximum absolute atomic E-state index is 10.4. The Hall–Kier alpha value is -1.48. The third kappa shape index (κ3) is 2.50. The molecule has 0 atom stereocenters. The molecule has 0 aromatic heterocycles. The molecule has 0 radical (unpaired) electrons. The number of aliphatic carboxylic acids is 1. The van der Waals surface area contributed by atoms with E-state index in [1.54, 1.807) is 25.1 Å². The predicted molar refractivity (Wildman–Crippen MR) is 53.6 cm³/mol. The summed E-state index contributed by atoms with van der Waals surface area (Å²) in [5.41, 5.74) is 0.764. The second-order valence-corrected chi connectivity index (χ2v) is 3.18. The molecule has 0 amide bonds. The molecule has 0 bridgehead atoms. The maximum Gasteiger partial charge on any atom is 0.371 e. The van der Waals surface area contributed by atoms with Crippen LogP contribution in [0.3, 0.4) is 0 Å². The van der Waals surface area contributed by atoms with E-state index in [1.165, 1.54) is 0 Å². The van der Waals surface area contributed by atoms with Crippen molar-refractivity contribution in [3.63, 3.8) is 0 Å². The zero-order valence-corrected chi connectivity index (χ0v) is 8.34. The molecular formula is C10H9ClO3. The molecule has 0 aliphatic carbocycles. The SMILES string of the molecule is C=C(Oc1ccc(Cl)cc1C)C(=O)O. The molecule has 1 N–H and O–H groups in total. The number of rotatable bonds is 3. The van der Waals surface area contributed by atoms with E-state index in [2.05, 4.69) is 6.58 Å². The van der Waals surface area contributed by atoms with E-state index in [9.17, 15) is 4.79 Å². The van der Waals surface area contributed by atoms with E-state index < -0.39 is 5.97 Å². The van der Waals surface area contributed by atoms with Crippen LogP contribution in [0, 0.1) is 6.92 Å². The Morgan fingerprint density at radius 2 is 2.21 bits per heavy atom. The monoisotopic (exact) mass is 212 g/mol. The highest BCUT2D eigenvalue weighted by atomic mass is 35.5. The zero-order valence-electron chi connectivity index (χ0n) is 7.58. The average molecular weight is 213 g/mol. The molecular weight excluding hydrogens is 204 g/mol. The van der Waals surface area contributed by atoms with Gasteiger partial charge in [-0.2, -0.15) is 0 Å². The first-order chi connectivity index (χ1) is 6.50. The minimum atomic E-state index is -1.18. The fourth-order valence-electron chi connectivity index (χ4n) is 0.904. The standard InChI is InChI=1S/C10H9ClO3/c1-6-5-8(11)3-4-9(6)14-7(2)10(12)13/h3-5H,2H2,1H3,(H,12,13). The van der Waals surface area contributed by atoms with Crippen LogP contribution in [0.15, 0.2) is 30.5 Å². The Labute approximate surface area is 86.6 Å². The van der Waals surface area contributed by atoms with E-state index >= 15 is 0 Å². The molecule has 3 nitrogen and oxygen atoms in total. The lowest BCUT2D eigenvalue weighted by Gasteiger charge is -2.07. The molecule has 0 fully saturated rings. The van der Waals surface area contributed by atoms with Gasteiger partial charge in [-0.05, 0) is 37.3 Å². The Balaban J connectivity index is 2.87. The van der Waals surface area contributed by atoms with Gasteiger partial charge in [0.15, 0.2) is 0 Å². The lowest BCUT2D eigenvalue weighted by Crippen LogP contribution is -2.06. The molecule has 0 aliphatic heterocycles. The molecule has 0 saturated heterocycles. The fraction of sp³-hybridized carbons (Fsp3) is 0.100. The van der Waals surface area contributed by atoms with Crippen molar-refractivity contribution in [2.24, 2.45) is 0 Å². The zero-order chi connectivity index (χ0) is 10.7. The summed E-state index contributed by atoms with van der Waals surface area (Å²) in [5.74, 6) is -1.04. The first-order valence-corrected chi connectivity index (χ1v) is 4.24. The van der Waals surface area contributed by atoms with Crippen LogP contribution in [0.4, 0.5) is 0 Å². The Kier molecular flexibility index (Phi) is 3.14. The largest absolute Gasteiger partial charge is 0.475 e. The summed E-state index contributed by atoms with van der Waals surface area (Å²) in [6.07, 6.45) is 0. The van der Waals surface area contributed by atoms with Crippen LogP contribution < -0.4 is 4.74 Å². The molecule has 0 unspecified atom stereocenters. The second-order valence-electron chi connectivity index (χ2n) is 2.74. The molecule has 1 aromatic carbocycles. The van der Waals surface area contributed by atoms with Gasteiger partial charge in [0, 0.05) is 5.02 Å². The lowest BCUT2D eigenvalue weighted by atomic mass is 10.2. The van der Waals surface area contributed by atoms with Gasteiger partial charge in [-0.25, -0.2) is 4.79 Å². The molecule has 14 heavy (non-hydrogen) atoms. The quantitative estimate of drug-likeness (QED) is 0.619. The number of hydrogen-bond acceptors (Lipinski definition) is 2. The summed E-state index contributed by atoms with van der Waals surface area (Å²) in [5, 5.41) is 9.12. The highest BCUT2D eigenvalue weighted by Gasteiger charge is 2.08. The molecule has 0 spiro atoms. The van der Waals surface area contributed by atoms with Crippen molar-refractivity contribution < 1.29 is 14.6 Å². The van der Waals surface area contributed by atoms with E-state index in [4.69, 9.17) is 21.4 Å². The van der Waals surface area contributed by atoms with Crippen LogP contribution in [0.25, 0.3) is 0 Å². The first-order valence-electron chi connectivity index (χ1n) is 3.87. The van der Waals surface area contributed by atoms with Crippen molar-refractivity contribution in [3.05, 3.63) is 41.1 Å². The highest BCUT2D eigenvalue weighted by molar-refractivity contribution is 6.30. The van der Waals surface area contributed by atoms with E-state index in [1.807, 2.05) is 0 Å². The van der Waals surface area contributed by atoms with Crippen LogP contribution in [-0.4, -0.2) is 11.1 Å². The van der Waals surface area contributed by atoms with Gasteiger partial charge in [-0.3, -0.25) is 0 Å². The Morgan fingerprint density at radius 1 is 1.57 bits per heavy atom. The molecule has 0 aliphatic rings. The fourth-order valence-corrected chi connectivity index (χ4v) is 1.13. The van der Waals surface area contributed by atoms with Gasteiger partial charge in [0.2, 0.25) is 5.76 Å². The maximum atomic E-state index is 10.4. The van der Waals surface area contributed by atoms with Crippen molar-refractivity contribution in [3.8, 4) is 5.75 Å². The van der Waals surface area contributed by atoms with Crippen molar-refractivity contribution in [1.29, 1.82) is 0 Å². The third-order valence-corrected chi connectivity index (χ3v) is 1.84. The minimum Gasteiger partial charge on any atom is -0.475 e. The van der Waals surface area contributed by atoms with Crippen molar-refractivity contribution >= 4 is 17.6 Å². The van der Waals surface area contributed by atoms with Crippen molar-refractivity contribution in [1.82, 2.24) is 0 Å². The predicted octanol–water partition coefficient (Wildman–Crippen LogP) is 2.63. The molecule has 74 valence electrons. The number of hydrogen-bond donors (Lipinski definition) is 1. The number of benzene rings is 1. The van der Waals surface area contributed by atoms with Gasteiger partial charge < -0.3 is 9.84 Å². The van der Waals surface area contributed by atoms with Gasteiger partial charge >= 0.3 is 5.97 Å². The van der Waals surface area contributed by atoms with E-state index in [0.717, 1.165) is 5.56 Å². The second kappa shape index (κ2) is 4.15. The van der Waals surface area contributed by atoms with E-state index in [0.29, 0.717) is 10.8 Å². The molecule has 1 aromatic rings. The topological polar surface area (TPSA) is 46.5 Å². The number of aryl methyl sites for hydroxylation is 1. The summed E-state index contributed by atoms with van der Waals surface area (Å²) in [6, 6.07) is 4.91. The Morgan fingerprint density at radius 3 is 2.71 bits per heavy atom. The van der Waals surface area contributed by atoms with Crippen LogP contribution in [0.5, 0.6) is 5.75 Å². The van der Waals surface area contributed by atoms with Gasteiger partial charge in [-0.1, -0.05) is 11.6 Å². The van der Waals surface area contributed by atoms with Crippen LogP contribution in [0.1, 0.15) is 5.56 Å². The molecule has 0 heterocycles. The smallest absolute Gasteiger partial charge is 0.371 e. The average Bonchev–Trinajstić information content (AvgIpc) is 2.09.